The van der Waals surface area contributed by atoms with E-state index < -0.39 is 0 Å². The van der Waals surface area contributed by atoms with Gasteiger partial charge in [-0.05, 0) is 31.7 Å². The monoisotopic (exact) mass is 354 g/mol. The molecule has 3 rings (SSSR count). The fraction of sp³-hybridized carbons (Fsp3) is 0.421. The summed E-state index contributed by atoms with van der Waals surface area (Å²) in [5.74, 6) is 2.36. The third-order valence-corrected chi connectivity index (χ3v) is 4.42. The zero-order valence-electron chi connectivity index (χ0n) is 15.6. The molecule has 1 aromatic heterocycles. The van der Waals surface area contributed by atoms with E-state index in [1.165, 1.54) is 6.92 Å². The highest BCUT2D eigenvalue weighted by molar-refractivity contribution is 5.89. The van der Waals surface area contributed by atoms with Gasteiger partial charge in [-0.15, -0.1) is 0 Å². The lowest BCUT2D eigenvalue weighted by Gasteiger charge is -2.34. The predicted octanol–water partition coefficient (Wildman–Crippen LogP) is 2.63. The van der Waals surface area contributed by atoms with Crippen LogP contribution in [0.15, 0.2) is 30.3 Å². The highest BCUT2D eigenvalue weighted by Crippen LogP contribution is 2.22. The molecule has 1 aliphatic rings. The molecule has 1 fully saturated rings. The Morgan fingerprint density at radius 1 is 1.12 bits per heavy atom. The molecule has 0 spiro atoms. The number of amides is 1. The van der Waals surface area contributed by atoms with Crippen LogP contribution in [0.2, 0.25) is 0 Å². The summed E-state index contributed by atoms with van der Waals surface area (Å²) in [5, 5.41) is 6.11. The number of hydrogen-bond donors (Lipinski definition) is 2. The molecule has 0 atom stereocenters. The number of benzene rings is 1. The van der Waals surface area contributed by atoms with Crippen LogP contribution in [-0.2, 0) is 4.79 Å². The molecule has 2 N–H and O–H groups in total. The van der Waals surface area contributed by atoms with Gasteiger partial charge in [0.1, 0.15) is 17.5 Å². The summed E-state index contributed by atoms with van der Waals surface area (Å²) in [6.45, 7) is 10.8. The van der Waals surface area contributed by atoms with Crippen molar-refractivity contribution >= 4 is 28.9 Å². The maximum atomic E-state index is 11.2. The maximum absolute atomic E-state index is 11.2. The molecule has 2 aromatic rings. The number of aromatic nitrogens is 2. The van der Waals surface area contributed by atoms with Crippen molar-refractivity contribution in [3.63, 3.8) is 0 Å². The number of likely N-dealkylation sites (N-methyl/N-ethyl adjacent to an activating group) is 1. The van der Waals surface area contributed by atoms with Crippen LogP contribution in [0, 0.1) is 6.92 Å². The molecule has 0 aliphatic carbocycles. The van der Waals surface area contributed by atoms with Crippen molar-refractivity contribution in [1.29, 1.82) is 0 Å². The van der Waals surface area contributed by atoms with Gasteiger partial charge in [0, 0.05) is 50.5 Å². The SMILES string of the molecule is CCN1CCN(c2cc(Nc3cccc(NC(C)=O)c3)nc(C)n2)CC1. The van der Waals surface area contributed by atoms with Gasteiger partial charge in [-0.1, -0.05) is 13.0 Å². The van der Waals surface area contributed by atoms with Gasteiger partial charge in [0.25, 0.3) is 0 Å². The highest BCUT2D eigenvalue weighted by atomic mass is 16.1. The first-order chi connectivity index (χ1) is 12.5. The summed E-state index contributed by atoms with van der Waals surface area (Å²) in [6.07, 6.45) is 0. The highest BCUT2D eigenvalue weighted by Gasteiger charge is 2.17. The molecular formula is C19H26N6O. The number of nitrogens with one attached hydrogen (secondary N) is 2. The predicted molar refractivity (Wildman–Crippen MR) is 105 cm³/mol. The summed E-state index contributed by atoms with van der Waals surface area (Å²) in [5.41, 5.74) is 1.63. The van der Waals surface area contributed by atoms with E-state index in [0.717, 1.165) is 61.6 Å². The third kappa shape index (κ3) is 4.70. The van der Waals surface area contributed by atoms with Crippen LogP contribution in [0.25, 0.3) is 0 Å². The number of hydrogen-bond acceptors (Lipinski definition) is 6. The summed E-state index contributed by atoms with van der Waals surface area (Å²) in [4.78, 5) is 25.1. The van der Waals surface area contributed by atoms with E-state index >= 15 is 0 Å². The molecular weight excluding hydrogens is 328 g/mol. The molecule has 1 aliphatic heterocycles. The number of carbonyl (C=O) groups excluding carboxylic acids is 1. The Morgan fingerprint density at radius 2 is 1.85 bits per heavy atom. The van der Waals surface area contributed by atoms with Crippen molar-refractivity contribution in [3.8, 4) is 0 Å². The zero-order chi connectivity index (χ0) is 18.5. The molecule has 0 bridgehead atoms. The quantitative estimate of drug-likeness (QED) is 0.860. The molecule has 138 valence electrons. The van der Waals surface area contributed by atoms with Crippen molar-refractivity contribution in [1.82, 2.24) is 14.9 Å². The Bertz CT molecular complexity index is 770. The van der Waals surface area contributed by atoms with Gasteiger partial charge in [-0.25, -0.2) is 9.97 Å². The van der Waals surface area contributed by atoms with Crippen LogP contribution in [0.5, 0.6) is 0 Å². The Balaban J connectivity index is 1.75. The van der Waals surface area contributed by atoms with Gasteiger partial charge in [0.15, 0.2) is 0 Å². The lowest BCUT2D eigenvalue weighted by molar-refractivity contribution is -0.114. The number of piperazine rings is 1. The van der Waals surface area contributed by atoms with E-state index in [9.17, 15) is 4.79 Å². The van der Waals surface area contributed by atoms with Gasteiger partial charge in [0.05, 0.1) is 0 Å². The lowest BCUT2D eigenvalue weighted by Crippen LogP contribution is -2.46. The minimum absolute atomic E-state index is 0.0893. The van der Waals surface area contributed by atoms with E-state index in [0.29, 0.717) is 0 Å². The van der Waals surface area contributed by atoms with E-state index in [4.69, 9.17) is 0 Å². The molecule has 7 heteroatoms. The molecule has 1 aromatic carbocycles. The van der Waals surface area contributed by atoms with Crippen molar-refractivity contribution in [2.75, 3.05) is 48.3 Å². The summed E-state index contributed by atoms with van der Waals surface area (Å²) in [6, 6.07) is 9.57. The van der Waals surface area contributed by atoms with Crippen LogP contribution < -0.4 is 15.5 Å². The van der Waals surface area contributed by atoms with Gasteiger partial charge < -0.3 is 20.4 Å². The standard InChI is InChI=1S/C19H26N6O/c1-4-24-8-10-25(11-9-24)19-13-18(20-14(2)21-19)23-17-7-5-6-16(12-17)22-15(3)26/h5-7,12-13H,4,8-11H2,1-3H3,(H,22,26)(H,20,21,23). The van der Waals surface area contributed by atoms with Crippen molar-refractivity contribution in [3.05, 3.63) is 36.2 Å². The second kappa shape index (κ2) is 8.14. The Morgan fingerprint density at radius 3 is 2.54 bits per heavy atom. The van der Waals surface area contributed by atoms with Crippen LogP contribution in [0.3, 0.4) is 0 Å². The number of carbonyl (C=O) groups is 1. The van der Waals surface area contributed by atoms with Crippen molar-refractivity contribution in [2.45, 2.75) is 20.8 Å². The first-order valence-electron chi connectivity index (χ1n) is 9.01. The molecule has 0 unspecified atom stereocenters. The molecule has 26 heavy (non-hydrogen) atoms. The second-order valence-electron chi connectivity index (χ2n) is 6.47. The van der Waals surface area contributed by atoms with Gasteiger partial charge in [-0.3, -0.25) is 4.79 Å². The first-order valence-corrected chi connectivity index (χ1v) is 9.01. The summed E-state index contributed by atoms with van der Waals surface area (Å²) < 4.78 is 0. The van der Waals surface area contributed by atoms with Gasteiger partial charge in [0.2, 0.25) is 5.91 Å². The van der Waals surface area contributed by atoms with Crippen molar-refractivity contribution in [2.24, 2.45) is 0 Å². The minimum atomic E-state index is -0.0893. The topological polar surface area (TPSA) is 73.4 Å². The number of anilines is 4. The van der Waals surface area contributed by atoms with E-state index in [1.807, 2.05) is 37.3 Å². The average molecular weight is 354 g/mol. The summed E-state index contributed by atoms with van der Waals surface area (Å²) >= 11 is 0. The molecule has 1 saturated heterocycles. The third-order valence-electron chi connectivity index (χ3n) is 4.42. The summed E-state index contributed by atoms with van der Waals surface area (Å²) in [7, 11) is 0. The van der Waals surface area contributed by atoms with Crippen LogP contribution in [0.4, 0.5) is 23.0 Å². The van der Waals surface area contributed by atoms with Gasteiger partial charge >= 0.3 is 0 Å². The van der Waals surface area contributed by atoms with Crippen LogP contribution in [-0.4, -0.2) is 53.5 Å². The largest absolute Gasteiger partial charge is 0.354 e. The number of nitrogens with zero attached hydrogens (tertiary/aromatic N) is 4. The Hall–Kier alpha value is -2.67. The van der Waals surface area contributed by atoms with E-state index in [1.54, 1.807) is 0 Å². The molecule has 2 heterocycles. The van der Waals surface area contributed by atoms with E-state index in [2.05, 4.69) is 37.3 Å². The zero-order valence-corrected chi connectivity index (χ0v) is 15.6. The number of rotatable bonds is 5. The van der Waals surface area contributed by atoms with E-state index in [-0.39, 0.29) is 5.91 Å². The van der Waals surface area contributed by atoms with Crippen molar-refractivity contribution < 1.29 is 4.79 Å². The molecule has 0 radical (unpaired) electrons. The molecule has 7 nitrogen and oxygen atoms in total. The molecule has 0 saturated carbocycles. The molecule has 1 amide bonds. The fourth-order valence-electron chi connectivity index (χ4n) is 3.10. The number of aryl methyl sites for hydroxylation is 1. The second-order valence-corrected chi connectivity index (χ2v) is 6.47. The fourth-order valence-corrected chi connectivity index (χ4v) is 3.10. The lowest BCUT2D eigenvalue weighted by atomic mass is 10.2. The average Bonchev–Trinajstić information content (AvgIpc) is 2.61. The van der Waals surface area contributed by atoms with Gasteiger partial charge in [-0.2, -0.15) is 0 Å². The first kappa shape index (κ1) is 18.1. The Kier molecular flexibility index (Phi) is 5.68. The normalized spacial score (nSPS) is 15.0. The maximum Gasteiger partial charge on any atom is 0.221 e. The smallest absolute Gasteiger partial charge is 0.221 e. The van der Waals surface area contributed by atoms with Crippen LogP contribution >= 0.6 is 0 Å². The van der Waals surface area contributed by atoms with Crippen LogP contribution in [0.1, 0.15) is 19.7 Å². The Labute approximate surface area is 154 Å². The minimum Gasteiger partial charge on any atom is -0.354 e.